The molecule has 5 rings (SSSR count). The lowest BCUT2D eigenvalue weighted by Gasteiger charge is -2.33. The van der Waals surface area contributed by atoms with Gasteiger partial charge in [-0.1, -0.05) is 6.42 Å². The Kier molecular flexibility index (Phi) is 11.4. The van der Waals surface area contributed by atoms with Crippen LogP contribution in [0, 0.1) is 0 Å². The van der Waals surface area contributed by atoms with E-state index >= 15 is 0 Å². The third-order valence-electron chi connectivity index (χ3n) is 8.45. The molecule has 14 heteroatoms. The van der Waals surface area contributed by atoms with Gasteiger partial charge in [-0.15, -0.1) is 0 Å². The van der Waals surface area contributed by atoms with Crippen LogP contribution in [0.25, 0.3) is 0 Å². The fourth-order valence-electron chi connectivity index (χ4n) is 5.82. The second-order valence-electron chi connectivity index (χ2n) is 12.0. The highest BCUT2D eigenvalue weighted by Crippen LogP contribution is 2.30. The van der Waals surface area contributed by atoms with Crippen LogP contribution in [0.15, 0.2) is 35.4 Å². The van der Waals surface area contributed by atoms with E-state index in [2.05, 4.69) is 14.8 Å². The summed E-state index contributed by atoms with van der Waals surface area (Å²) < 4.78 is 1.87. The lowest BCUT2D eigenvalue weighted by atomic mass is 9.93. The van der Waals surface area contributed by atoms with Crippen LogP contribution in [0.4, 0.5) is 0 Å². The number of nitrogens with zero attached hydrogens (tertiary/aromatic N) is 5. The molecule has 4 N–H and O–H groups in total. The summed E-state index contributed by atoms with van der Waals surface area (Å²) in [4.78, 5) is 69.5. The topological polar surface area (TPSA) is 203 Å². The zero-order valence-electron chi connectivity index (χ0n) is 25.2. The summed E-state index contributed by atoms with van der Waals surface area (Å²) in [6.07, 6.45) is 9.69. The third-order valence-corrected chi connectivity index (χ3v) is 8.45. The maximum atomic E-state index is 13.1. The molecule has 2 aromatic rings. The number of hydrogen-bond acceptors (Lipinski definition) is 9. The summed E-state index contributed by atoms with van der Waals surface area (Å²) in [5, 5.41) is 33.8. The van der Waals surface area contributed by atoms with Crippen molar-refractivity contribution in [2.45, 2.75) is 94.9 Å². The molecule has 0 bridgehead atoms. The molecule has 3 aliphatic rings. The predicted octanol–water partition coefficient (Wildman–Crippen LogP) is 1.49. The summed E-state index contributed by atoms with van der Waals surface area (Å²) in [7, 11) is 0. The van der Waals surface area contributed by atoms with Gasteiger partial charge in [0.1, 0.15) is 5.82 Å². The summed E-state index contributed by atoms with van der Waals surface area (Å²) in [6.45, 7) is 3.72. The maximum absolute atomic E-state index is 13.1. The number of rotatable bonds is 11. The Morgan fingerprint density at radius 3 is 2.13 bits per heavy atom. The number of hydrogen-bond donors (Lipinski definition) is 4. The SMILES string of the molecule is O=C(CN1CCC(c2cc(=O)n3c(n2)CCCCC3)CC1)N(Cc1ccncc1)C1CC1.O=C(O)CC(O)(CC(=O)O)C(=O)O. The van der Waals surface area contributed by atoms with Gasteiger partial charge < -0.3 is 25.3 Å². The molecule has 2 aliphatic heterocycles. The normalized spacial score (nSPS) is 17.3. The first kappa shape index (κ1) is 33.7. The Morgan fingerprint density at radius 2 is 1.56 bits per heavy atom. The monoisotopic (exact) mass is 627 g/mol. The van der Waals surface area contributed by atoms with Crippen molar-refractivity contribution in [3.63, 3.8) is 0 Å². The average molecular weight is 628 g/mol. The van der Waals surface area contributed by atoms with Gasteiger partial charge in [-0.3, -0.25) is 33.6 Å². The van der Waals surface area contributed by atoms with E-state index in [0.29, 0.717) is 25.0 Å². The zero-order valence-corrected chi connectivity index (χ0v) is 25.2. The van der Waals surface area contributed by atoms with Gasteiger partial charge in [0.2, 0.25) is 5.91 Å². The minimum atomic E-state index is -2.74. The van der Waals surface area contributed by atoms with Crippen LogP contribution in [-0.4, -0.2) is 99.9 Å². The van der Waals surface area contributed by atoms with E-state index < -0.39 is 36.4 Å². The number of carbonyl (C=O) groups excluding carboxylic acids is 1. The molecule has 0 spiro atoms. The number of carboxylic acid groups (broad SMARTS) is 3. The lowest BCUT2D eigenvalue weighted by Crippen LogP contribution is -2.44. The van der Waals surface area contributed by atoms with Crippen molar-refractivity contribution in [1.82, 2.24) is 24.3 Å². The minimum Gasteiger partial charge on any atom is -0.481 e. The number of pyridine rings is 1. The van der Waals surface area contributed by atoms with Crippen LogP contribution < -0.4 is 5.56 Å². The number of aliphatic carboxylic acids is 3. The second kappa shape index (κ2) is 15.2. The van der Waals surface area contributed by atoms with E-state index in [0.717, 1.165) is 81.7 Å². The van der Waals surface area contributed by atoms with Crippen LogP contribution in [0.5, 0.6) is 0 Å². The number of carboxylic acids is 3. The predicted molar refractivity (Wildman–Crippen MR) is 159 cm³/mol. The van der Waals surface area contributed by atoms with Crippen molar-refractivity contribution in [1.29, 1.82) is 0 Å². The van der Waals surface area contributed by atoms with Gasteiger partial charge in [-0.25, -0.2) is 9.78 Å². The molecule has 45 heavy (non-hydrogen) atoms. The smallest absolute Gasteiger partial charge is 0.336 e. The Bertz CT molecular complexity index is 1400. The largest absolute Gasteiger partial charge is 0.481 e. The van der Waals surface area contributed by atoms with E-state index in [1.807, 2.05) is 16.7 Å². The number of likely N-dealkylation sites (tertiary alicyclic amines) is 1. The number of aromatic nitrogens is 3. The van der Waals surface area contributed by atoms with Gasteiger partial charge >= 0.3 is 17.9 Å². The molecule has 0 aromatic carbocycles. The molecule has 0 radical (unpaired) electrons. The number of fused-ring (bicyclic) bond motifs is 1. The third kappa shape index (κ3) is 9.66. The highest BCUT2D eigenvalue weighted by atomic mass is 16.4. The maximum Gasteiger partial charge on any atom is 0.336 e. The highest BCUT2D eigenvalue weighted by molar-refractivity contribution is 5.88. The van der Waals surface area contributed by atoms with Crippen molar-refractivity contribution in [3.8, 4) is 0 Å². The van der Waals surface area contributed by atoms with Crippen LogP contribution in [-0.2, 0) is 38.7 Å². The Balaban J connectivity index is 0.000000302. The zero-order chi connectivity index (χ0) is 32.6. The number of aliphatic hydroxyl groups is 1. The summed E-state index contributed by atoms with van der Waals surface area (Å²) >= 11 is 0. The van der Waals surface area contributed by atoms with Gasteiger partial charge in [-0.2, -0.15) is 0 Å². The first-order valence-corrected chi connectivity index (χ1v) is 15.4. The molecule has 1 saturated carbocycles. The molecule has 244 valence electrons. The van der Waals surface area contributed by atoms with Crippen molar-refractivity contribution in [3.05, 3.63) is 58.0 Å². The Morgan fingerprint density at radius 1 is 0.911 bits per heavy atom. The van der Waals surface area contributed by atoms with E-state index in [4.69, 9.17) is 25.4 Å². The van der Waals surface area contributed by atoms with Gasteiger partial charge in [-0.05, 0) is 69.3 Å². The van der Waals surface area contributed by atoms with Crippen molar-refractivity contribution in [2.75, 3.05) is 19.6 Å². The number of piperidine rings is 1. The van der Waals surface area contributed by atoms with Gasteiger partial charge in [0.05, 0.1) is 25.1 Å². The van der Waals surface area contributed by atoms with Crippen LogP contribution in [0.2, 0.25) is 0 Å². The van der Waals surface area contributed by atoms with Crippen molar-refractivity contribution in [2.24, 2.45) is 0 Å². The molecular weight excluding hydrogens is 586 g/mol. The molecule has 1 amide bonds. The first-order valence-electron chi connectivity index (χ1n) is 15.4. The summed E-state index contributed by atoms with van der Waals surface area (Å²) in [5.74, 6) is -3.50. The molecule has 2 fully saturated rings. The minimum absolute atomic E-state index is 0.112. The molecule has 1 aliphatic carbocycles. The van der Waals surface area contributed by atoms with E-state index in [-0.39, 0.29) is 11.5 Å². The molecule has 4 heterocycles. The second-order valence-corrected chi connectivity index (χ2v) is 12.0. The molecule has 0 unspecified atom stereocenters. The van der Waals surface area contributed by atoms with Crippen molar-refractivity contribution >= 4 is 23.8 Å². The number of amides is 1. The van der Waals surface area contributed by atoms with Crippen molar-refractivity contribution < 1.29 is 39.6 Å². The highest BCUT2D eigenvalue weighted by Gasteiger charge is 2.41. The van der Waals surface area contributed by atoms with Gasteiger partial charge in [0, 0.05) is 49.9 Å². The molecular formula is C31H41N5O9. The van der Waals surface area contributed by atoms with E-state index in [1.54, 1.807) is 18.5 Å². The number of carbonyl (C=O) groups is 4. The fourth-order valence-corrected chi connectivity index (χ4v) is 5.82. The van der Waals surface area contributed by atoms with Crippen LogP contribution >= 0.6 is 0 Å². The van der Waals surface area contributed by atoms with Crippen LogP contribution in [0.3, 0.4) is 0 Å². The Hall–Kier alpha value is -4.17. The van der Waals surface area contributed by atoms with Gasteiger partial charge in [0.15, 0.2) is 5.60 Å². The summed E-state index contributed by atoms with van der Waals surface area (Å²) in [6, 6.07) is 6.14. The van der Waals surface area contributed by atoms with Crippen LogP contribution in [0.1, 0.15) is 80.8 Å². The lowest BCUT2D eigenvalue weighted by molar-refractivity contribution is -0.170. The fraction of sp³-hybridized carbons (Fsp3) is 0.581. The van der Waals surface area contributed by atoms with Gasteiger partial charge in [0.25, 0.3) is 5.56 Å². The molecule has 14 nitrogen and oxygen atoms in total. The standard InChI is InChI=1S/C25H33N5O2.C6H8O7/c31-24-16-22(27-23-4-2-1-3-13-29(23)24)20-9-14-28(15-10-20)18-25(32)30(21-5-6-21)17-19-7-11-26-12-8-19;7-3(8)1-6(13,5(11)12)2-4(9)10/h7-8,11-12,16,20-21H,1-6,9-10,13-15,17-18H2;13H,1-2H2,(H,7,8)(H,9,10)(H,11,12). The Labute approximate surface area is 260 Å². The first-order chi connectivity index (χ1) is 21.4. The average Bonchev–Trinajstić information content (AvgIpc) is 3.84. The molecule has 2 aromatic heterocycles. The molecule has 0 atom stereocenters. The molecule has 1 saturated heterocycles. The van der Waals surface area contributed by atoms with E-state index in [9.17, 15) is 24.0 Å². The van der Waals surface area contributed by atoms with E-state index in [1.165, 1.54) is 6.42 Å². The number of aryl methyl sites for hydroxylation is 1. The quantitative estimate of drug-likeness (QED) is 0.280. The summed E-state index contributed by atoms with van der Waals surface area (Å²) in [5.41, 5.74) is -0.524.